The highest BCUT2D eigenvalue weighted by Crippen LogP contribution is 2.44. The molecule has 27 heavy (non-hydrogen) atoms. The van der Waals surface area contributed by atoms with E-state index in [0.29, 0.717) is 38.7 Å². The normalized spacial score (nSPS) is 18.4. The number of pyridine rings is 1. The summed E-state index contributed by atoms with van der Waals surface area (Å²) >= 11 is 0. The molecule has 2 aliphatic rings. The van der Waals surface area contributed by atoms with Gasteiger partial charge < -0.3 is 9.64 Å². The van der Waals surface area contributed by atoms with Gasteiger partial charge in [-0.1, -0.05) is 24.3 Å². The van der Waals surface area contributed by atoms with Crippen LogP contribution in [-0.4, -0.2) is 29.0 Å². The number of amides is 2. The van der Waals surface area contributed by atoms with Crippen LogP contribution < -0.4 is 5.32 Å². The number of piperidine rings is 1. The quantitative estimate of drug-likeness (QED) is 0.812. The first-order chi connectivity index (χ1) is 12.9. The number of carbonyl (C=O) groups excluding carboxylic acids is 1. The third-order valence-electron chi connectivity index (χ3n) is 5.20. The van der Waals surface area contributed by atoms with Crippen LogP contribution in [0.1, 0.15) is 29.5 Å². The van der Waals surface area contributed by atoms with E-state index < -0.39 is 11.7 Å². The molecule has 1 fully saturated rings. The van der Waals surface area contributed by atoms with E-state index in [9.17, 15) is 18.0 Å². The second kappa shape index (κ2) is 6.53. The van der Waals surface area contributed by atoms with Gasteiger partial charge in [0.25, 0.3) is 0 Å². The molecule has 8 heteroatoms. The van der Waals surface area contributed by atoms with Crippen LogP contribution in [0, 0.1) is 0 Å². The Morgan fingerprint density at radius 1 is 1.15 bits per heavy atom. The van der Waals surface area contributed by atoms with Crippen molar-refractivity contribution in [3.63, 3.8) is 0 Å². The van der Waals surface area contributed by atoms with Gasteiger partial charge in [0.1, 0.15) is 5.82 Å². The zero-order chi connectivity index (χ0) is 19.1. The van der Waals surface area contributed by atoms with Crippen LogP contribution in [0.25, 0.3) is 0 Å². The topological polar surface area (TPSA) is 54.5 Å². The molecular formula is C19H18F3N3O2. The molecule has 4 rings (SSSR count). The standard InChI is InChI=1S/C19H18F3N3O2/c20-19(21,22)14-5-6-16(23-11-14)24-17(26)25-9-7-18(8-10-25)15-4-2-1-3-13(15)12-27-18/h1-6,11H,7-10,12H2,(H,23,24,26). The minimum absolute atomic E-state index is 0.0933. The maximum atomic E-state index is 12.6. The maximum Gasteiger partial charge on any atom is 0.417 e. The van der Waals surface area contributed by atoms with E-state index in [1.165, 1.54) is 11.1 Å². The summed E-state index contributed by atoms with van der Waals surface area (Å²) in [6.07, 6.45) is -2.38. The Hall–Kier alpha value is -2.61. The van der Waals surface area contributed by atoms with Crippen LogP contribution in [0.4, 0.5) is 23.8 Å². The van der Waals surface area contributed by atoms with E-state index in [2.05, 4.69) is 22.4 Å². The molecule has 0 atom stereocenters. The van der Waals surface area contributed by atoms with Gasteiger partial charge >= 0.3 is 12.2 Å². The van der Waals surface area contributed by atoms with Crippen LogP contribution in [0.2, 0.25) is 0 Å². The van der Waals surface area contributed by atoms with Gasteiger partial charge in [-0.15, -0.1) is 0 Å². The number of carbonyl (C=O) groups is 1. The molecule has 2 aromatic rings. The van der Waals surface area contributed by atoms with Crippen LogP contribution >= 0.6 is 0 Å². The van der Waals surface area contributed by atoms with Crippen molar-refractivity contribution in [1.29, 1.82) is 0 Å². The number of hydrogen-bond donors (Lipinski definition) is 1. The number of aromatic nitrogens is 1. The molecule has 3 heterocycles. The number of halogens is 3. The first kappa shape index (κ1) is 17.8. The van der Waals surface area contributed by atoms with Crippen LogP contribution in [-0.2, 0) is 23.1 Å². The van der Waals surface area contributed by atoms with Gasteiger partial charge in [0.15, 0.2) is 0 Å². The number of hydrogen-bond acceptors (Lipinski definition) is 3. The fraction of sp³-hybridized carbons (Fsp3) is 0.368. The lowest BCUT2D eigenvalue weighted by Crippen LogP contribution is -2.46. The molecule has 1 N–H and O–H groups in total. The third-order valence-corrected chi connectivity index (χ3v) is 5.20. The molecule has 1 spiro atoms. The summed E-state index contributed by atoms with van der Waals surface area (Å²) in [5.41, 5.74) is 1.18. The number of nitrogens with one attached hydrogen (secondary N) is 1. The lowest BCUT2D eigenvalue weighted by atomic mass is 9.84. The van der Waals surface area contributed by atoms with E-state index in [-0.39, 0.29) is 17.5 Å². The summed E-state index contributed by atoms with van der Waals surface area (Å²) in [4.78, 5) is 17.7. The van der Waals surface area contributed by atoms with Crippen LogP contribution in [0.15, 0.2) is 42.6 Å². The first-order valence-corrected chi connectivity index (χ1v) is 8.69. The predicted molar refractivity (Wildman–Crippen MR) is 92.0 cm³/mol. The summed E-state index contributed by atoms with van der Waals surface area (Å²) in [5, 5.41) is 2.56. The summed E-state index contributed by atoms with van der Waals surface area (Å²) in [5.74, 6) is 0.0933. The van der Waals surface area contributed by atoms with Crippen molar-refractivity contribution in [2.45, 2.75) is 31.2 Å². The predicted octanol–water partition coefficient (Wildman–Crippen LogP) is 4.15. The number of rotatable bonds is 1. The Labute approximate surface area is 154 Å². The fourth-order valence-corrected chi connectivity index (χ4v) is 3.69. The number of fused-ring (bicyclic) bond motifs is 2. The van der Waals surface area contributed by atoms with Crippen LogP contribution in [0.5, 0.6) is 0 Å². The van der Waals surface area contributed by atoms with E-state index in [1.54, 1.807) is 4.90 Å². The maximum absolute atomic E-state index is 12.6. The molecule has 1 aromatic heterocycles. The molecule has 5 nitrogen and oxygen atoms in total. The fourth-order valence-electron chi connectivity index (χ4n) is 3.69. The van der Waals surface area contributed by atoms with E-state index in [4.69, 9.17) is 4.74 Å². The summed E-state index contributed by atoms with van der Waals surface area (Å²) in [6, 6.07) is 9.79. The Morgan fingerprint density at radius 2 is 1.89 bits per heavy atom. The zero-order valence-corrected chi connectivity index (χ0v) is 14.4. The van der Waals surface area contributed by atoms with E-state index in [1.807, 2.05) is 12.1 Å². The number of likely N-dealkylation sites (tertiary alicyclic amines) is 1. The number of benzene rings is 1. The Morgan fingerprint density at radius 3 is 2.56 bits per heavy atom. The van der Waals surface area contributed by atoms with E-state index >= 15 is 0 Å². The number of nitrogens with zero attached hydrogens (tertiary/aromatic N) is 2. The second-order valence-electron chi connectivity index (χ2n) is 6.79. The smallest absolute Gasteiger partial charge is 0.365 e. The number of anilines is 1. The molecule has 0 bridgehead atoms. The van der Waals surface area contributed by atoms with Gasteiger partial charge in [0.2, 0.25) is 0 Å². The van der Waals surface area contributed by atoms with Crippen molar-refractivity contribution in [3.05, 3.63) is 59.3 Å². The minimum Gasteiger partial charge on any atom is -0.365 e. The molecule has 2 aliphatic heterocycles. The molecule has 1 aromatic carbocycles. The summed E-state index contributed by atoms with van der Waals surface area (Å²) < 4.78 is 43.8. The van der Waals surface area contributed by atoms with Gasteiger partial charge in [-0.2, -0.15) is 13.2 Å². The van der Waals surface area contributed by atoms with Crippen molar-refractivity contribution in [2.75, 3.05) is 18.4 Å². The van der Waals surface area contributed by atoms with Gasteiger partial charge in [-0.25, -0.2) is 9.78 Å². The molecule has 0 unspecified atom stereocenters. The number of ether oxygens (including phenoxy) is 1. The highest BCUT2D eigenvalue weighted by molar-refractivity contribution is 5.88. The van der Waals surface area contributed by atoms with Gasteiger partial charge in [-0.05, 0) is 36.1 Å². The SMILES string of the molecule is O=C(Nc1ccc(C(F)(F)F)cn1)N1CCC2(CC1)OCc1ccccc12. The van der Waals surface area contributed by atoms with Crippen molar-refractivity contribution in [2.24, 2.45) is 0 Å². The molecule has 0 aliphatic carbocycles. The lowest BCUT2D eigenvalue weighted by molar-refractivity contribution is -0.137. The van der Waals surface area contributed by atoms with Crippen LogP contribution in [0.3, 0.4) is 0 Å². The molecular weight excluding hydrogens is 359 g/mol. The molecule has 1 saturated heterocycles. The molecule has 2 amide bonds. The van der Waals surface area contributed by atoms with Crippen molar-refractivity contribution in [3.8, 4) is 0 Å². The van der Waals surface area contributed by atoms with E-state index in [0.717, 1.165) is 12.1 Å². The van der Waals surface area contributed by atoms with Crippen molar-refractivity contribution in [1.82, 2.24) is 9.88 Å². The largest absolute Gasteiger partial charge is 0.417 e. The highest BCUT2D eigenvalue weighted by Gasteiger charge is 2.43. The van der Waals surface area contributed by atoms with Crippen molar-refractivity contribution < 1.29 is 22.7 Å². The first-order valence-electron chi connectivity index (χ1n) is 8.69. The summed E-state index contributed by atoms with van der Waals surface area (Å²) in [6.45, 7) is 1.58. The molecule has 0 radical (unpaired) electrons. The summed E-state index contributed by atoms with van der Waals surface area (Å²) in [7, 11) is 0. The second-order valence-corrected chi connectivity index (χ2v) is 6.79. The number of urea groups is 1. The monoisotopic (exact) mass is 377 g/mol. The molecule has 142 valence electrons. The van der Waals surface area contributed by atoms with Gasteiger partial charge in [0.05, 0.1) is 17.8 Å². The minimum atomic E-state index is -4.45. The average molecular weight is 377 g/mol. The average Bonchev–Trinajstić information content (AvgIpc) is 3.01. The highest BCUT2D eigenvalue weighted by atomic mass is 19.4. The van der Waals surface area contributed by atoms with Crippen molar-refractivity contribution >= 4 is 11.8 Å². The van der Waals surface area contributed by atoms with Gasteiger partial charge in [-0.3, -0.25) is 5.32 Å². The number of alkyl halides is 3. The zero-order valence-electron chi connectivity index (χ0n) is 14.4. The Balaban J connectivity index is 1.38. The van der Waals surface area contributed by atoms with Gasteiger partial charge in [0, 0.05) is 19.3 Å². The molecule has 0 saturated carbocycles. The Kier molecular flexibility index (Phi) is 4.30. The lowest BCUT2D eigenvalue weighted by Gasteiger charge is -2.39. The third kappa shape index (κ3) is 3.37. The Bertz CT molecular complexity index is 844.